The molecule has 0 aromatic heterocycles. The second kappa shape index (κ2) is 5.47. The highest BCUT2D eigenvalue weighted by atomic mass is 16.5. The van der Waals surface area contributed by atoms with Crippen molar-refractivity contribution in [2.75, 3.05) is 20.3 Å². The van der Waals surface area contributed by atoms with Crippen LogP contribution in [0.2, 0.25) is 0 Å². The topological polar surface area (TPSA) is 64.3 Å². The monoisotopic (exact) mass is 214 g/mol. The molecule has 0 aliphatic heterocycles. The van der Waals surface area contributed by atoms with E-state index >= 15 is 0 Å². The minimum Gasteiger partial charge on any atom is -0.383 e. The summed E-state index contributed by atoms with van der Waals surface area (Å²) in [5, 5.41) is 2.91. The van der Waals surface area contributed by atoms with Gasteiger partial charge in [0.05, 0.1) is 6.61 Å². The van der Waals surface area contributed by atoms with Gasteiger partial charge in [-0.2, -0.15) is 0 Å². The van der Waals surface area contributed by atoms with Gasteiger partial charge in [-0.05, 0) is 18.3 Å². The van der Waals surface area contributed by atoms with E-state index in [2.05, 4.69) is 12.2 Å². The Morgan fingerprint density at radius 1 is 1.53 bits per heavy atom. The van der Waals surface area contributed by atoms with Crippen molar-refractivity contribution in [3.05, 3.63) is 0 Å². The fraction of sp³-hybridized carbons (Fsp3) is 0.909. The largest absolute Gasteiger partial charge is 0.383 e. The summed E-state index contributed by atoms with van der Waals surface area (Å²) in [5.74, 6) is -0.107. The Kier molecular flexibility index (Phi) is 4.54. The van der Waals surface area contributed by atoms with Crippen LogP contribution in [-0.2, 0) is 9.53 Å². The molecule has 15 heavy (non-hydrogen) atoms. The van der Waals surface area contributed by atoms with Crippen molar-refractivity contribution in [1.29, 1.82) is 0 Å². The van der Waals surface area contributed by atoms with E-state index in [0.29, 0.717) is 0 Å². The quantitative estimate of drug-likeness (QED) is 0.706. The van der Waals surface area contributed by atoms with Gasteiger partial charge in [0, 0.05) is 13.7 Å². The van der Waals surface area contributed by atoms with Crippen molar-refractivity contribution in [2.24, 2.45) is 11.1 Å². The van der Waals surface area contributed by atoms with Gasteiger partial charge < -0.3 is 15.8 Å². The first kappa shape index (κ1) is 12.5. The molecule has 0 aromatic rings. The summed E-state index contributed by atoms with van der Waals surface area (Å²) < 4.78 is 4.84. The van der Waals surface area contributed by atoms with E-state index in [-0.39, 0.29) is 17.9 Å². The number of carbonyl (C=O) groups is 1. The van der Waals surface area contributed by atoms with Crippen LogP contribution in [0, 0.1) is 5.41 Å². The molecular weight excluding hydrogens is 192 g/mol. The van der Waals surface area contributed by atoms with Crippen molar-refractivity contribution in [3.8, 4) is 0 Å². The van der Waals surface area contributed by atoms with E-state index in [1.807, 2.05) is 0 Å². The molecule has 0 radical (unpaired) electrons. The summed E-state index contributed by atoms with van der Waals surface area (Å²) in [6.45, 7) is 3.24. The summed E-state index contributed by atoms with van der Waals surface area (Å²) in [7, 11) is 1.55. The Bertz CT molecular complexity index is 213. The number of methoxy groups -OCH3 is 1. The highest BCUT2D eigenvalue weighted by Crippen LogP contribution is 2.36. The van der Waals surface area contributed by atoms with E-state index < -0.39 is 6.04 Å². The summed E-state index contributed by atoms with van der Waals surface area (Å²) >= 11 is 0. The van der Waals surface area contributed by atoms with Gasteiger partial charge in [0.1, 0.15) is 6.04 Å². The lowest BCUT2D eigenvalue weighted by Gasteiger charge is -2.24. The molecule has 1 fully saturated rings. The molecule has 3 N–H and O–H groups in total. The summed E-state index contributed by atoms with van der Waals surface area (Å²) in [5.41, 5.74) is 5.90. The average Bonchev–Trinajstić information content (AvgIpc) is 2.63. The zero-order chi connectivity index (χ0) is 11.3. The fourth-order valence-corrected chi connectivity index (χ4v) is 2.09. The SMILES string of the molecule is COCC(N)C(=O)NCC1(C)CCCC1. The smallest absolute Gasteiger partial charge is 0.239 e. The maximum Gasteiger partial charge on any atom is 0.239 e. The van der Waals surface area contributed by atoms with E-state index in [1.54, 1.807) is 7.11 Å². The molecule has 1 aliphatic carbocycles. The third-order valence-corrected chi connectivity index (χ3v) is 3.18. The first-order valence-electron chi connectivity index (χ1n) is 5.60. The van der Waals surface area contributed by atoms with Crippen LogP contribution in [0.1, 0.15) is 32.6 Å². The molecule has 1 aliphatic rings. The lowest BCUT2D eigenvalue weighted by molar-refractivity contribution is -0.123. The second-order valence-corrected chi connectivity index (χ2v) is 4.80. The van der Waals surface area contributed by atoms with E-state index in [0.717, 1.165) is 6.54 Å². The van der Waals surface area contributed by atoms with Crippen LogP contribution in [0.3, 0.4) is 0 Å². The predicted octanol–water partition coefficient (Wildman–Crippen LogP) is 0.657. The van der Waals surface area contributed by atoms with Crippen LogP contribution in [-0.4, -0.2) is 32.2 Å². The highest BCUT2D eigenvalue weighted by Gasteiger charge is 2.29. The van der Waals surface area contributed by atoms with Gasteiger partial charge in [-0.1, -0.05) is 19.8 Å². The normalized spacial score (nSPS) is 21.3. The van der Waals surface area contributed by atoms with Gasteiger partial charge in [0.25, 0.3) is 0 Å². The maximum absolute atomic E-state index is 11.5. The second-order valence-electron chi connectivity index (χ2n) is 4.80. The maximum atomic E-state index is 11.5. The molecular formula is C11H22N2O2. The first-order valence-corrected chi connectivity index (χ1v) is 5.60. The lowest BCUT2D eigenvalue weighted by atomic mass is 9.89. The molecule has 88 valence electrons. The van der Waals surface area contributed by atoms with Gasteiger partial charge in [-0.3, -0.25) is 4.79 Å². The van der Waals surface area contributed by atoms with Gasteiger partial charge in [0.2, 0.25) is 5.91 Å². The summed E-state index contributed by atoms with van der Waals surface area (Å²) in [6, 6.07) is -0.542. The predicted molar refractivity (Wildman–Crippen MR) is 59.4 cm³/mol. The number of nitrogens with two attached hydrogens (primary N) is 1. The van der Waals surface area contributed by atoms with Crippen molar-refractivity contribution < 1.29 is 9.53 Å². The number of hydrogen-bond acceptors (Lipinski definition) is 3. The zero-order valence-electron chi connectivity index (χ0n) is 9.71. The molecule has 1 saturated carbocycles. The third kappa shape index (κ3) is 3.80. The number of amides is 1. The molecule has 0 spiro atoms. The van der Waals surface area contributed by atoms with Gasteiger partial charge in [-0.25, -0.2) is 0 Å². The number of carbonyl (C=O) groups excluding carboxylic acids is 1. The third-order valence-electron chi connectivity index (χ3n) is 3.18. The molecule has 1 unspecified atom stereocenters. The average molecular weight is 214 g/mol. The van der Waals surface area contributed by atoms with Crippen molar-refractivity contribution in [3.63, 3.8) is 0 Å². The van der Waals surface area contributed by atoms with E-state index in [9.17, 15) is 4.79 Å². The number of hydrogen-bond donors (Lipinski definition) is 2. The van der Waals surface area contributed by atoms with Gasteiger partial charge >= 0.3 is 0 Å². The van der Waals surface area contributed by atoms with Crippen LogP contribution in [0.5, 0.6) is 0 Å². The molecule has 1 rings (SSSR count). The van der Waals surface area contributed by atoms with Crippen LogP contribution in [0.15, 0.2) is 0 Å². The minimum absolute atomic E-state index is 0.107. The van der Waals surface area contributed by atoms with Gasteiger partial charge in [0.15, 0.2) is 0 Å². The Balaban J connectivity index is 2.26. The zero-order valence-corrected chi connectivity index (χ0v) is 9.71. The molecule has 1 atom stereocenters. The number of ether oxygens (including phenoxy) is 1. The molecule has 1 amide bonds. The Morgan fingerprint density at radius 2 is 2.13 bits per heavy atom. The Hall–Kier alpha value is -0.610. The summed E-state index contributed by atoms with van der Waals surface area (Å²) in [6.07, 6.45) is 4.95. The van der Waals surface area contributed by atoms with Gasteiger partial charge in [-0.15, -0.1) is 0 Å². The number of nitrogens with one attached hydrogen (secondary N) is 1. The van der Waals surface area contributed by atoms with Crippen molar-refractivity contribution >= 4 is 5.91 Å². The Morgan fingerprint density at radius 3 is 2.67 bits per heavy atom. The summed E-state index contributed by atoms with van der Waals surface area (Å²) in [4.78, 5) is 11.5. The van der Waals surface area contributed by atoms with Crippen LogP contribution < -0.4 is 11.1 Å². The molecule has 0 saturated heterocycles. The Labute approximate surface area is 91.5 Å². The lowest BCUT2D eigenvalue weighted by Crippen LogP contribution is -2.46. The van der Waals surface area contributed by atoms with E-state index in [1.165, 1.54) is 25.7 Å². The fourth-order valence-electron chi connectivity index (χ4n) is 2.09. The highest BCUT2D eigenvalue weighted by molar-refractivity contribution is 5.81. The molecule has 4 heteroatoms. The molecule has 0 bridgehead atoms. The van der Waals surface area contributed by atoms with Crippen LogP contribution >= 0.6 is 0 Å². The molecule has 4 nitrogen and oxygen atoms in total. The van der Waals surface area contributed by atoms with E-state index in [4.69, 9.17) is 10.5 Å². The first-order chi connectivity index (χ1) is 7.07. The molecule has 0 heterocycles. The standard InChI is InChI=1S/C11H22N2O2/c1-11(5-3-4-6-11)8-13-10(14)9(12)7-15-2/h9H,3-8,12H2,1-2H3,(H,13,14). The van der Waals surface area contributed by atoms with Crippen LogP contribution in [0.4, 0.5) is 0 Å². The van der Waals surface area contributed by atoms with Crippen LogP contribution in [0.25, 0.3) is 0 Å². The molecule has 0 aromatic carbocycles. The van der Waals surface area contributed by atoms with Crippen molar-refractivity contribution in [1.82, 2.24) is 5.32 Å². The number of rotatable bonds is 5. The minimum atomic E-state index is -0.542. The van der Waals surface area contributed by atoms with Crippen molar-refractivity contribution in [2.45, 2.75) is 38.6 Å².